The molecule has 0 bridgehead atoms. The minimum absolute atomic E-state index is 0.0485. The van der Waals surface area contributed by atoms with Crippen molar-refractivity contribution in [2.24, 2.45) is 0 Å². The third-order valence-electron chi connectivity index (χ3n) is 4.84. The number of hydrogen-bond donors (Lipinski definition) is 3. The van der Waals surface area contributed by atoms with Crippen LogP contribution in [-0.4, -0.2) is 47.0 Å². The summed E-state index contributed by atoms with van der Waals surface area (Å²) < 4.78 is 10.1. The minimum Gasteiger partial charge on any atom is -0.478 e. The van der Waals surface area contributed by atoms with Crippen molar-refractivity contribution in [1.29, 1.82) is 0 Å². The predicted octanol–water partition coefficient (Wildman–Crippen LogP) is 3.94. The number of halogens is 3. The van der Waals surface area contributed by atoms with Gasteiger partial charge in [0.2, 0.25) is 12.2 Å². The number of rotatable bonds is 8. The lowest BCUT2D eigenvalue weighted by Crippen LogP contribution is -2.54. The normalized spacial score (nSPS) is 12.0. The van der Waals surface area contributed by atoms with Gasteiger partial charge in [-0.1, -0.05) is 59.1 Å². The Kier molecular flexibility index (Phi) is 9.66. The van der Waals surface area contributed by atoms with Gasteiger partial charge >= 0.3 is 17.9 Å². The van der Waals surface area contributed by atoms with E-state index in [2.05, 4.69) is 5.43 Å². The van der Waals surface area contributed by atoms with Gasteiger partial charge in [0.1, 0.15) is 0 Å². The molecular formula is C25H17Cl3N2O8. The molecule has 0 unspecified atom stereocenters. The number of hydrogen-bond acceptors (Lipinski definition) is 7. The van der Waals surface area contributed by atoms with Crippen molar-refractivity contribution in [3.8, 4) is 0 Å². The monoisotopic (exact) mass is 578 g/mol. The Morgan fingerprint density at radius 3 is 1.61 bits per heavy atom. The lowest BCUT2D eigenvalue weighted by atomic mass is 10.1. The molecule has 0 aromatic heterocycles. The quantitative estimate of drug-likeness (QED) is 0.268. The summed E-state index contributed by atoms with van der Waals surface area (Å²) in [4.78, 5) is 62.8. The highest BCUT2D eigenvalue weighted by molar-refractivity contribution is 6.34. The number of aliphatic carboxylic acids is 1. The van der Waals surface area contributed by atoms with E-state index in [0.29, 0.717) is 5.02 Å². The molecule has 0 aliphatic heterocycles. The molecule has 10 nitrogen and oxygen atoms in total. The van der Waals surface area contributed by atoms with Crippen LogP contribution in [0.15, 0.2) is 72.8 Å². The van der Waals surface area contributed by atoms with Crippen molar-refractivity contribution >= 4 is 64.5 Å². The second kappa shape index (κ2) is 12.9. The molecule has 3 aromatic rings. The topological polar surface area (TPSA) is 148 Å². The van der Waals surface area contributed by atoms with Crippen LogP contribution in [0.25, 0.3) is 0 Å². The highest BCUT2D eigenvalue weighted by atomic mass is 35.5. The minimum atomic E-state index is -2.35. The summed E-state index contributed by atoms with van der Waals surface area (Å²) in [5.41, 5.74) is 3.72. The van der Waals surface area contributed by atoms with E-state index in [9.17, 15) is 29.1 Å². The fourth-order valence-corrected chi connectivity index (χ4v) is 3.52. The third kappa shape index (κ3) is 7.22. The first-order valence-electron chi connectivity index (χ1n) is 10.6. The number of carboxylic acid groups (broad SMARTS) is 1. The first-order valence-corrected chi connectivity index (χ1v) is 11.7. The van der Waals surface area contributed by atoms with Crippen molar-refractivity contribution in [1.82, 2.24) is 10.9 Å². The zero-order chi connectivity index (χ0) is 27.8. The molecule has 0 radical (unpaired) electrons. The van der Waals surface area contributed by atoms with E-state index in [0.717, 1.165) is 0 Å². The number of nitrogens with one attached hydrogen (secondary N) is 2. The molecule has 0 aliphatic rings. The third-order valence-corrected chi connectivity index (χ3v) is 5.75. The second-order valence-electron chi connectivity index (χ2n) is 7.40. The highest BCUT2D eigenvalue weighted by Crippen LogP contribution is 2.21. The summed E-state index contributed by atoms with van der Waals surface area (Å²) in [7, 11) is 0. The molecule has 13 heteroatoms. The number of amides is 2. The second-order valence-corrected chi connectivity index (χ2v) is 8.65. The number of carbonyl (C=O) groups is 5. The van der Waals surface area contributed by atoms with Gasteiger partial charge in [0, 0.05) is 10.6 Å². The number of esters is 2. The number of carbonyl (C=O) groups excluding carboxylic acids is 4. The Bertz CT molecular complexity index is 1380. The summed E-state index contributed by atoms with van der Waals surface area (Å²) >= 11 is 17.8. The van der Waals surface area contributed by atoms with Crippen molar-refractivity contribution < 1.29 is 38.6 Å². The first-order chi connectivity index (χ1) is 18.1. The summed E-state index contributed by atoms with van der Waals surface area (Å²) in [6.07, 6.45) is -4.62. The summed E-state index contributed by atoms with van der Waals surface area (Å²) in [5, 5.41) is 10.0. The van der Waals surface area contributed by atoms with Gasteiger partial charge in [0.05, 0.1) is 21.2 Å². The van der Waals surface area contributed by atoms with Gasteiger partial charge in [-0.3, -0.25) is 20.4 Å². The molecule has 38 heavy (non-hydrogen) atoms. The fourth-order valence-electron chi connectivity index (χ4n) is 2.97. The Labute approximate surface area is 230 Å². The van der Waals surface area contributed by atoms with E-state index >= 15 is 0 Å². The van der Waals surface area contributed by atoms with Crippen molar-refractivity contribution in [3.63, 3.8) is 0 Å². The maximum Gasteiger partial charge on any atom is 0.349 e. The SMILES string of the molecule is O=C(NNC(=O)[C@H](OC(=O)c1ccccc1Cl)[C@H](OC(=O)c1ccccc1Cl)C(=O)O)c1ccc(Cl)cc1. The lowest BCUT2D eigenvalue weighted by Gasteiger charge is -2.24. The highest BCUT2D eigenvalue weighted by Gasteiger charge is 2.41. The number of hydrazine groups is 1. The molecule has 3 rings (SSSR count). The van der Waals surface area contributed by atoms with Crippen LogP contribution in [0.1, 0.15) is 31.1 Å². The largest absolute Gasteiger partial charge is 0.478 e. The standard InChI is InChI=1S/C25H17Cl3N2O8/c26-14-11-9-13(10-12-14)21(31)29-30-22(32)19(37-24(35)15-5-1-3-7-17(15)27)20(23(33)34)38-25(36)16-6-2-4-8-18(16)28/h1-12,19-20H,(H,29,31)(H,30,32)(H,33,34)/t19-,20+/m1/s1. The zero-order valence-electron chi connectivity index (χ0n) is 19.0. The van der Waals surface area contributed by atoms with E-state index in [4.69, 9.17) is 44.3 Å². The van der Waals surface area contributed by atoms with Crippen molar-refractivity contribution in [3.05, 3.63) is 105 Å². The van der Waals surface area contributed by atoms with E-state index in [1.807, 2.05) is 5.43 Å². The zero-order valence-corrected chi connectivity index (χ0v) is 21.3. The molecule has 0 aliphatic carbocycles. The van der Waals surface area contributed by atoms with Gasteiger partial charge in [-0.2, -0.15) is 0 Å². The van der Waals surface area contributed by atoms with Gasteiger partial charge in [0.25, 0.3) is 11.8 Å². The van der Waals surface area contributed by atoms with E-state index < -0.39 is 41.9 Å². The van der Waals surface area contributed by atoms with Crippen LogP contribution < -0.4 is 10.9 Å². The maximum absolute atomic E-state index is 13.0. The van der Waals surface area contributed by atoms with E-state index in [-0.39, 0.29) is 26.7 Å². The van der Waals surface area contributed by atoms with Crippen LogP contribution in [0.2, 0.25) is 15.1 Å². The molecule has 0 saturated heterocycles. The average molecular weight is 580 g/mol. The molecule has 0 spiro atoms. The Balaban J connectivity index is 1.87. The number of carboxylic acids is 1. The van der Waals surface area contributed by atoms with Gasteiger partial charge in [-0.25, -0.2) is 14.4 Å². The van der Waals surface area contributed by atoms with Crippen molar-refractivity contribution in [2.45, 2.75) is 12.2 Å². The smallest absolute Gasteiger partial charge is 0.349 e. The van der Waals surface area contributed by atoms with Gasteiger partial charge < -0.3 is 14.6 Å². The summed E-state index contributed by atoms with van der Waals surface area (Å²) in [6, 6.07) is 16.8. The van der Waals surface area contributed by atoms with E-state index in [1.165, 1.54) is 72.8 Å². The Hall–Kier alpha value is -4.12. The predicted molar refractivity (Wildman–Crippen MR) is 136 cm³/mol. The molecular weight excluding hydrogens is 563 g/mol. The van der Waals surface area contributed by atoms with Crippen LogP contribution >= 0.6 is 34.8 Å². The van der Waals surface area contributed by atoms with Gasteiger partial charge in [-0.05, 0) is 48.5 Å². The number of ether oxygens (including phenoxy) is 2. The summed E-state index contributed by atoms with van der Waals surface area (Å²) in [5.74, 6) is -6.36. The van der Waals surface area contributed by atoms with Crippen LogP contribution in [0.4, 0.5) is 0 Å². The molecule has 196 valence electrons. The van der Waals surface area contributed by atoms with Crippen LogP contribution in [-0.2, 0) is 19.1 Å². The Morgan fingerprint density at radius 2 is 1.13 bits per heavy atom. The maximum atomic E-state index is 13.0. The van der Waals surface area contributed by atoms with Crippen LogP contribution in [0.3, 0.4) is 0 Å². The molecule has 2 atom stereocenters. The molecule has 3 N–H and O–H groups in total. The first kappa shape index (κ1) is 28.5. The number of benzene rings is 3. The molecule has 3 aromatic carbocycles. The fraction of sp³-hybridized carbons (Fsp3) is 0.0800. The van der Waals surface area contributed by atoms with Crippen LogP contribution in [0, 0.1) is 0 Å². The molecule has 0 saturated carbocycles. The summed E-state index contributed by atoms with van der Waals surface area (Å²) in [6.45, 7) is 0. The van der Waals surface area contributed by atoms with Gasteiger partial charge in [0.15, 0.2) is 0 Å². The van der Waals surface area contributed by atoms with E-state index in [1.54, 1.807) is 0 Å². The van der Waals surface area contributed by atoms with Gasteiger partial charge in [-0.15, -0.1) is 0 Å². The lowest BCUT2D eigenvalue weighted by molar-refractivity contribution is -0.159. The average Bonchev–Trinajstić information content (AvgIpc) is 2.89. The molecule has 2 amide bonds. The molecule has 0 fully saturated rings. The Morgan fingerprint density at radius 1 is 0.658 bits per heavy atom. The van der Waals surface area contributed by atoms with Crippen molar-refractivity contribution in [2.75, 3.05) is 0 Å². The molecule has 0 heterocycles. The van der Waals surface area contributed by atoms with Crippen LogP contribution in [0.5, 0.6) is 0 Å².